The van der Waals surface area contributed by atoms with Gasteiger partial charge >= 0.3 is 5.97 Å². The monoisotopic (exact) mass is 144 g/mol. The lowest BCUT2D eigenvalue weighted by Crippen LogP contribution is -2.00. The number of rotatable bonds is 4. The molecule has 0 saturated carbocycles. The molecule has 0 bridgehead atoms. The van der Waals surface area contributed by atoms with E-state index in [1.165, 1.54) is 6.08 Å². The lowest BCUT2D eigenvalue weighted by Gasteiger charge is -1.96. The van der Waals surface area contributed by atoms with Crippen LogP contribution >= 0.6 is 0 Å². The predicted octanol–water partition coefficient (Wildman–Crippen LogP) is 0.790. The van der Waals surface area contributed by atoms with Crippen molar-refractivity contribution in [3.63, 3.8) is 0 Å². The first-order chi connectivity index (χ1) is 4.72. The fraction of sp³-hybridized carbons (Fsp3) is 0.571. The molecule has 0 radical (unpaired) electrons. The molecule has 10 heavy (non-hydrogen) atoms. The summed E-state index contributed by atoms with van der Waals surface area (Å²) in [6.45, 7) is 1.70. The normalized spacial score (nSPS) is 11.6. The van der Waals surface area contributed by atoms with Crippen LogP contribution < -0.4 is 0 Å². The van der Waals surface area contributed by atoms with E-state index in [2.05, 4.69) is 0 Å². The highest BCUT2D eigenvalue weighted by Crippen LogP contribution is 2.03. The Morgan fingerprint density at radius 1 is 1.60 bits per heavy atom. The van der Waals surface area contributed by atoms with Crippen LogP contribution in [0.3, 0.4) is 0 Å². The summed E-state index contributed by atoms with van der Waals surface area (Å²) in [7, 11) is 0. The summed E-state index contributed by atoms with van der Waals surface area (Å²) >= 11 is 0. The van der Waals surface area contributed by atoms with E-state index in [4.69, 9.17) is 10.2 Å². The Morgan fingerprint density at radius 3 is 2.50 bits per heavy atom. The third kappa shape index (κ3) is 3.25. The number of hydrogen-bond acceptors (Lipinski definition) is 2. The molecule has 0 fully saturated rings. The van der Waals surface area contributed by atoms with E-state index < -0.39 is 5.97 Å². The predicted molar refractivity (Wildman–Crippen MR) is 37.7 cm³/mol. The minimum Gasteiger partial charge on any atom is -0.478 e. The van der Waals surface area contributed by atoms with Crippen molar-refractivity contribution in [2.45, 2.75) is 19.8 Å². The number of aliphatic hydroxyl groups excluding tert-OH is 1. The molecule has 0 atom stereocenters. The minimum absolute atomic E-state index is 0.193. The Hall–Kier alpha value is -0.830. The molecule has 0 aliphatic rings. The van der Waals surface area contributed by atoms with Gasteiger partial charge in [-0.3, -0.25) is 0 Å². The van der Waals surface area contributed by atoms with Crippen LogP contribution in [0.15, 0.2) is 11.6 Å². The quantitative estimate of drug-likeness (QED) is 0.573. The topological polar surface area (TPSA) is 57.5 Å². The lowest BCUT2D eigenvalue weighted by molar-refractivity contribution is -0.132. The molecule has 0 rings (SSSR count). The van der Waals surface area contributed by atoms with E-state index in [0.717, 1.165) is 6.42 Å². The van der Waals surface area contributed by atoms with Gasteiger partial charge in [-0.15, -0.1) is 0 Å². The van der Waals surface area contributed by atoms with E-state index in [0.29, 0.717) is 12.0 Å². The third-order valence-corrected chi connectivity index (χ3v) is 1.13. The van der Waals surface area contributed by atoms with Crippen LogP contribution in [-0.2, 0) is 4.79 Å². The van der Waals surface area contributed by atoms with Crippen molar-refractivity contribution in [2.75, 3.05) is 6.61 Å². The maximum Gasteiger partial charge on any atom is 0.331 e. The first-order valence-electron chi connectivity index (χ1n) is 3.25. The van der Waals surface area contributed by atoms with Gasteiger partial charge in [0.1, 0.15) is 0 Å². The van der Waals surface area contributed by atoms with E-state index in [9.17, 15) is 4.79 Å². The fourth-order valence-electron chi connectivity index (χ4n) is 0.676. The first kappa shape index (κ1) is 9.17. The zero-order valence-electron chi connectivity index (χ0n) is 6.00. The molecule has 0 saturated heterocycles. The molecule has 0 aliphatic carbocycles. The van der Waals surface area contributed by atoms with Crippen LogP contribution in [-0.4, -0.2) is 22.8 Å². The Balaban J connectivity index is 3.98. The van der Waals surface area contributed by atoms with Gasteiger partial charge in [-0.25, -0.2) is 4.79 Å². The third-order valence-electron chi connectivity index (χ3n) is 1.13. The highest BCUT2D eigenvalue weighted by atomic mass is 16.4. The van der Waals surface area contributed by atoms with E-state index in [1.54, 1.807) is 0 Å². The molecule has 58 valence electrons. The summed E-state index contributed by atoms with van der Waals surface area (Å²) in [6.07, 6.45) is 2.64. The molecular weight excluding hydrogens is 132 g/mol. The minimum atomic E-state index is -0.934. The summed E-state index contributed by atoms with van der Waals surface area (Å²) in [5, 5.41) is 16.8. The number of hydrogen-bond donors (Lipinski definition) is 2. The van der Waals surface area contributed by atoms with Gasteiger partial charge in [0, 0.05) is 5.57 Å². The van der Waals surface area contributed by atoms with Crippen molar-refractivity contribution in [3.05, 3.63) is 11.6 Å². The van der Waals surface area contributed by atoms with Crippen molar-refractivity contribution in [3.8, 4) is 0 Å². The summed E-state index contributed by atoms with van der Waals surface area (Å²) in [5.41, 5.74) is 0.296. The van der Waals surface area contributed by atoms with E-state index >= 15 is 0 Å². The van der Waals surface area contributed by atoms with Crippen LogP contribution in [0, 0.1) is 0 Å². The van der Waals surface area contributed by atoms with Gasteiger partial charge in [0.2, 0.25) is 0 Å². The van der Waals surface area contributed by atoms with Gasteiger partial charge < -0.3 is 10.2 Å². The average molecular weight is 144 g/mol. The zero-order chi connectivity index (χ0) is 7.98. The number of carboxylic acid groups (broad SMARTS) is 1. The van der Waals surface area contributed by atoms with Crippen molar-refractivity contribution >= 4 is 5.97 Å². The van der Waals surface area contributed by atoms with Crippen molar-refractivity contribution in [1.29, 1.82) is 0 Å². The van der Waals surface area contributed by atoms with Gasteiger partial charge in [0.15, 0.2) is 0 Å². The molecule has 0 aromatic carbocycles. The molecule has 0 unspecified atom stereocenters. The number of aliphatic hydroxyl groups is 1. The van der Waals surface area contributed by atoms with Crippen LogP contribution in [0.2, 0.25) is 0 Å². The molecule has 2 N–H and O–H groups in total. The second-order valence-electron chi connectivity index (χ2n) is 1.97. The van der Waals surface area contributed by atoms with Gasteiger partial charge in [-0.05, 0) is 12.5 Å². The molecule has 3 heteroatoms. The molecular formula is C7H12O3. The van der Waals surface area contributed by atoms with Crippen LogP contribution in [0.1, 0.15) is 19.8 Å². The van der Waals surface area contributed by atoms with Crippen molar-refractivity contribution in [1.82, 2.24) is 0 Å². The molecule has 3 nitrogen and oxygen atoms in total. The van der Waals surface area contributed by atoms with E-state index in [-0.39, 0.29) is 6.61 Å². The summed E-state index contributed by atoms with van der Waals surface area (Å²) < 4.78 is 0. The SMILES string of the molecule is CCC/C(=C/CO)C(=O)O. The Morgan fingerprint density at radius 2 is 2.20 bits per heavy atom. The van der Waals surface area contributed by atoms with Gasteiger partial charge in [0.25, 0.3) is 0 Å². The summed E-state index contributed by atoms with van der Waals surface area (Å²) in [4.78, 5) is 10.3. The van der Waals surface area contributed by atoms with Crippen LogP contribution in [0.5, 0.6) is 0 Å². The molecule has 0 aromatic heterocycles. The van der Waals surface area contributed by atoms with Gasteiger partial charge in [0.05, 0.1) is 6.61 Å². The van der Waals surface area contributed by atoms with Crippen LogP contribution in [0.25, 0.3) is 0 Å². The Bertz CT molecular complexity index is 138. The second-order valence-corrected chi connectivity index (χ2v) is 1.97. The number of carboxylic acids is 1. The van der Waals surface area contributed by atoms with Crippen molar-refractivity contribution in [2.24, 2.45) is 0 Å². The van der Waals surface area contributed by atoms with Gasteiger partial charge in [-0.2, -0.15) is 0 Å². The van der Waals surface area contributed by atoms with Crippen molar-refractivity contribution < 1.29 is 15.0 Å². The molecule has 0 aromatic rings. The fourth-order valence-corrected chi connectivity index (χ4v) is 0.676. The Labute approximate surface area is 60.0 Å². The second kappa shape index (κ2) is 4.99. The summed E-state index contributed by atoms with van der Waals surface area (Å²) in [5.74, 6) is -0.934. The van der Waals surface area contributed by atoms with Crippen LogP contribution in [0.4, 0.5) is 0 Å². The maximum absolute atomic E-state index is 10.3. The highest BCUT2D eigenvalue weighted by Gasteiger charge is 2.03. The number of aliphatic carboxylic acids is 1. The molecule has 0 heterocycles. The zero-order valence-corrected chi connectivity index (χ0v) is 6.00. The molecule has 0 spiro atoms. The van der Waals surface area contributed by atoms with E-state index in [1.807, 2.05) is 6.92 Å². The standard InChI is InChI=1S/C7H12O3/c1-2-3-6(4-5-8)7(9)10/h4,8H,2-3,5H2,1H3,(H,9,10)/b6-4-. The number of carbonyl (C=O) groups is 1. The molecule has 0 aliphatic heterocycles. The first-order valence-corrected chi connectivity index (χ1v) is 3.25. The Kier molecular flexibility index (Phi) is 4.58. The smallest absolute Gasteiger partial charge is 0.331 e. The van der Waals surface area contributed by atoms with Gasteiger partial charge in [-0.1, -0.05) is 13.3 Å². The molecule has 0 amide bonds. The summed E-state index contributed by atoms with van der Waals surface area (Å²) in [6, 6.07) is 0. The average Bonchev–Trinajstić information content (AvgIpc) is 1.87. The maximum atomic E-state index is 10.3. The lowest BCUT2D eigenvalue weighted by atomic mass is 10.1. The highest BCUT2D eigenvalue weighted by molar-refractivity contribution is 5.86. The largest absolute Gasteiger partial charge is 0.478 e.